The Morgan fingerprint density at radius 3 is 1.10 bits per heavy atom. The van der Waals surface area contributed by atoms with Gasteiger partial charge in [0.1, 0.15) is 19.3 Å². The molecule has 0 aliphatic heterocycles. The highest BCUT2D eigenvalue weighted by Crippen LogP contribution is 2.43. The number of rotatable bonds is 66. The van der Waals surface area contributed by atoms with Crippen molar-refractivity contribution in [3.63, 3.8) is 0 Å². The lowest BCUT2D eigenvalue weighted by Gasteiger charge is -2.27. The number of nitrogens with zero attached hydrogens (tertiary/aromatic N) is 1. The molecule has 3 atom stereocenters. The average Bonchev–Trinajstić information content (AvgIpc) is 3.64. The minimum absolute atomic E-state index is 0.0403. The van der Waals surface area contributed by atoms with Gasteiger partial charge >= 0.3 is 13.8 Å². The first-order valence-electron chi connectivity index (χ1n) is 36.1. The molecule has 0 aromatic heterocycles. The van der Waals surface area contributed by atoms with Crippen molar-refractivity contribution in [1.29, 1.82) is 0 Å². The average molecular weight is 1200 g/mol. The van der Waals surface area contributed by atoms with Gasteiger partial charge in [0.25, 0.3) is 0 Å². The van der Waals surface area contributed by atoms with E-state index in [9.17, 15) is 19.0 Å². The number of hydrogen-bond acceptors (Lipinski definition) is 6. The normalized spacial score (nSPS) is 13.8. The molecule has 9 nitrogen and oxygen atoms in total. The maximum absolute atomic E-state index is 13.6. The molecular formula is C74H140N2O7P+. The summed E-state index contributed by atoms with van der Waals surface area (Å²) >= 11 is 0. The third kappa shape index (κ3) is 64.2. The van der Waals surface area contributed by atoms with Crippen LogP contribution in [0.3, 0.4) is 0 Å². The van der Waals surface area contributed by atoms with Gasteiger partial charge in [0.2, 0.25) is 5.91 Å². The number of ether oxygens (including phenoxy) is 1. The van der Waals surface area contributed by atoms with Gasteiger partial charge in [-0.15, -0.1) is 0 Å². The second kappa shape index (κ2) is 63.7. The van der Waals surface area contributed by atoms with Crippen LogP contribution in [-0.2, 0) is 27.9 Å². The van der Waals surface area contributed by atoms with Gasteiger partial charge in [-0.1, -0.05) is 300 Å². The highest BCUT2D eigenvalue weighted by molar-refractivity contribution is 7.47. The summed E-state index contributed by atoms with van der Waals surface area (Å²) in [5, 5.41) is 3.07. The molecule has 3 unspecified atom stereocenters. The molecule has 0 heterocycles. The van der Waals surface area contributed by atoms with Crippen molar-refractivity contribution >= 4 is 19.7 Å². The Morgan fingerprint density at radius 2 is 0.726 bits per heavy atom. The number of amides is 1. The standard InChI is InChI=1S/C74H139N2O7P/c1-7-10-13-16-19-22-25-28-30-32-34-36-37-38-39-41-43-45-47-49-52-55-58-61-64-67-74(78)83-72(65-62-59-56-53-50-27-24-21-18-15-12-9-3)71(70-82-84(79,80)81-69-68-76(4,5)6)75-73(77)66-63-60-57-54-51-48-46-44-42-40-35-33-31-29-26-23-20-17-14-11-8-2/h19-20,22-23,28-31,62,65,71-72H,7-18,21,24-27,32-61,63-64,66-70H2,1-6H3,(H-,75,77,79,80)/p+1/b22-19-,23-20-,30-28-,31-29-,65-62+. The predicted octanol–water partition coefficient (Wildman–Crippen LogP) is 23.0. The van der Waals surface area contributed by atoms with Crippen molar-refractivity contribution in [2.45, 2.75) is 360 Å². The van der Waals surface area contributed by atoms with Gasteiger partial charge in [0.15, 0.2) is 0 Å². The zero-order valence-corrected chi connectivity index (χ0v) is 57.3. The van der Waals surface area contributed by atoms with Crippen LogP contribution in [0.5, 0.6) is 0 Å². The third-order valence-corrected chi connectivity index (χ3v) is 17.2. The van der Waals surface area contributed by atoms with Crippen molar-refractivity contribution in [2.75, 3.05) is 40.9 Å². The highest BCUT2D eigenvalue weighted by Gasteiger charge is 2.30. The van der Waals surface area contributed by atoms with Crippen molar-refractivity contribution < 1.29 is 37.3 Å². The first kappa shape index (κ1) is 81.7. The minimum atomic E-state index is -4.45. The monoisotopic (exact) mass is 1200 g/mol. The van der Waals surface area contributed by atoms with Gasteiger partial charge in [-0.3, -0.25) is 18.6 Å². The lowest BCUT2D eigenvalue weighted by atomic mass is 10.0. The quantitative estimate of drug-likeness (QED) is 0.0205. The number of carbonyl (C=O) groups is 2. The van der Waals surface area contributed by atoms with E-state index in [4.69, 9.17) is 13.8 Å². The number of esters is 1. The van der Waals surface area contributed by atoms with E-state index < -0.39 is 20.0 Å². The molecule has 2 N–H and O–H groups in total. The molecule has 0 rings (SSSR count). The van der Waals surface area contributed by atoms with E-state index in [1.807, 2.05) is 33.3 Å². The van der Waals surface area contributed by atoms with Crippen LogP contribution in [0.1, 0.15) is 348 Å². The number of likely N-dealkylation sites (N-methyl/N-ethyl adjacent to an activating group) is 1. The van der Waals surface area contributed by atoms with E-state index in [0.717, 1.165) is 70.6 Å². The van der Waals surface area contributed by atoms with E-state index in [-0.39, 0.29) is 25.1 Å². The lowest BCUT2D eigenvalue weighted by molar-refractivity contribution is -0.870. The molecule has 0 aliphatic rings. The summed E-state index contributed by atoms with van der Waals surface area (Å²) in [5.74, 6) is -0.494. The molecule has 0 radical (unpaired) electrons. The van der Waals surface area contributed by atoms with Crippen molar-refractivity contribution in [1.82, 2.24) is 5.32 Å². The summed E-state index contributed by atoms with van der Waals surface area (Å²) in [5.41, 5.74) is 0. The summed E-state index contributed by atoms with van der Waals surface area (Å²) in [4.78, 5) is 37.9. The van der Waals surface area contributed by atoms with E-state index >= 15 is 0 Å². The summed E-state index contributed by atoms with van der Waals surface area (Å²) in [6, 6.07) is -0.850. The van der Waals surface area contributed by atoms with Gasteiger partial charge in [0, 0.05) is 12.8 Å². The number of allylic oxidation sites excluding steroid dienone is 9. The molecule has 0 aromatic carbocycles. The van der Waals surface area contributed by atoms with E-state index in [1.165, 1.54) is 244 Å². The lowest BCUT2D eigenvalue weighted by Crippen LogP contribution is -2.47. The second-order valence-electron chi connectivity index (χ2n) is 25.8. The Kier molecular flexibility index (Phi) is 62.0. The van der Waals surface area contributed by atoms with Crippen LogP contribution < -0.4 is 5.32 Å². The molecule has 492 valence electrons. The predicted molar refractivity (Wildman–Crippen MR) is 365 cm³/mol. The summed E-state index contributed by atoms with van der Waals surface area (Å²) in [6.07, 6.45) is 82.3. The zero-order valence-electron chi connectivity index (χ0n) is 56.4. The molecule has 0 fully saturated rings. The molecule has 84 heavy (non-hydrogen) atoms. The van der Waals surface area contributed by atoms with E-state index in [0.29, 0.717) is 23.9 Å². The number of nitrogens with one attached hydrogen (secondary N) is 1. The van der Waals surface area contributed by atoms with Crippen LogP contribution in [0.25, 0.3) is 0 Å². The highest BCUT2D eigenvalue weighted by atomic mass is 31.2. The number of phosphoric ester groups is 1. The summed E-state index contributed by atoms with van der Waals surface area (Å²) < 4.78 is 30.8. The first-order chi connectivity index (χ1) is 40.9. The molecule has 0 saturated heterocycles. The molecule has 0 spiro atoms. The maximum atomic E-state index is 13.6. The van der Waals surface area contributed by atoms with Gasteiger partial charge in [-0.05, 0) is 96.0 Å². The van der Waals surface area contributed by atoms with Crippen molar-refractivity contribution in [3.8, 4) is 0 Å². The Morgan fingerprint density at radius 1 is 0.417 bits per heavy atom. The molecule has 10 heteroatoms. The largest absolute Gasteiger partial charge is 0.472 e. The Bertz CT molecular complexity index is 1620. The number of unbranched alkanes of at least 4 members (excludes halogenated alkanes) is 42. The molecular weight excluding hydrogens is 1060 g/mol. The number of quaternary nitrogens is 1. The second-order valence-corrected chi connectivity index (χ2v) is 27.2. The van der Waals surface area contributed by atoms with E-state index in [2.05, 4.69) is 74.7 Å². The molecule has 0 bridgehead atoms. The van der Waals surface area contributed by atoms with E-state index in [1.54, 1.807) is 0 Å². The fourth-order valence-electron chi connectivity index (χ4n) is 10.6. The van der Waals surface area contributed by atoms with Crippen LogP contribution in [0.4, 0.5) is 0 Å². The number of hydrogen-bond donors (Lipinski definition) is 2. The number of carbonyl (C=O) groups excluding carboxylic acids is 2. The Labute approximate surface area is 521 Å². The van der Waals surface area contributed by atoms with Gasteiger partial charge in [-0.25, -0.2) is 4.57 Å². The van der Waals surface area contributed by atoms with Crippen LogP contribution in [-0.4, -0.2) is 74.3 Å². The fraction of sp³-hybridized carbons (Fsp3) is 0.838. The van der Waals surface area contributed by atoms with Crippen LogP contribution in [0, 0.1) is 0 Å². The first-order valence-corrected chi connectivity index (χ1v) is 37.6. The molecule has 0 aromatic rings. The maximum Gasteiger partial charge on any atom is 0.472 e. The number of phosphoric acid groups is 1. The van der Waals surface area contributed by atoms with Gasteiger partial charge < -0.3 is 19.4 Å². The molecule has 1 amide bonds. The van der Waals surface area contributed by atoms with Crippen LogP contribution in [0.2, 0.25) is 0 Å². The zero-order chi connectivity index (χ0) is 61.4. The SMILES string of the molecule is CCCCC/C=C\C/C=C\CCCCCCCCCCCCCCCCCC(=O)OC(/C=C/CCCCCCCCCCCC)C(COP(=O)(O)OCC[N+](C)(C)C)NC(=O)CCCCCCCCCCCCC/C=C\C/C=C\CCCCC. The van der Waals surface area contributed by atoms with Crippen molar-refractivity contribution in [2.24, 2.45) is 0 Å². The Hall–Kier alpha value is -2.29. The molecule has 0 aliphatic carbocycles. The smallest absolute Gasteiger partial charge is 0.456 e. The van der Waals surface area contributed by atoms with Crippen LogP contribution in [0.15, 0.2) is 60.8 Å². The third-order valence-electron chi connectivity index (χ3n) is 16.2. The Balaban J connectivity index is 5.03. The van der Waals surface area contributed by atoms with Gasteiger partial charge in [-0.2, -0.15) is 0 Å². The van der Waals surface area contributed by atoms with Crippen molar-refractivity contribution in [3.05, 3.63) is 60.8 Å². The topological polar surface area (TPSA) is 111 Å². The molecule has 0 saturated carbocycles. The summed E-state index contributed by atoms with van der Waals surface area (Å²) in [7, 11) is 1.50. The van der Waals surface area contributed by atoms with Gasteiger partial charge in [0.05, 0.1) is 33.8 Å². The summed E-state index contributed by atoms with van der Waals surface area (Å²) in [6.45, 7) is 7.01. The van der Waals surface area contributed by atoms with Crippen LogP contribution >= 0.6 is 7.82 Å². The minimum Gasteiger partial charge on any atom is -0.456 e. The fourth-order valence-corrected chi connectivity index (χ4v) is 11.3.